The minimum absolute atomic E-state index is 0.353. The summed E-state index contributed by atoms with van der Waals surface area (Å²) in [6.45, 7) is 1.88. The number of benzene rings is 3. The lowest BCUT2D eigenvalue weighted by molar-refractivity contribution is -0.0730. The molecule has 1 fully saturated rings. The fourth-order valence-electron chi connectivity index (χ4n) is 4.94. The van der Waals surface area contributed by atoms with Crippen molar-refractivity contribution in [2.45, 2.75) is 25.1 Å². The third-order valence-electron chi connectivity index (χ3n) is 6.77. The van der Waals surface area contributed by atoms with Gasteiger partial charge in [-0.25, -0.2) is 4.79 Å². The zero-order chi connectivity index (χ0) is 26.0. The molecule has 5 rings (SSSR count). The van der Waals surface area contributed by atoms with Crippen LogP contribution in [0.25, 0.3) is 10.9 Å². The highest BCUT2D eigenvalue weighted by molar-refractivity contribution is 6.45. The molecule has 0 bridgehead atoms. The van der Waals surface area contributed by atoms with Crippen LogP contribution in [0.3, 0.4) is 0 Å². The maximum Gasteiger partial charge on any atom is 0.340 e. The second kappa shape index (κ2) is 10.6. The number of carbonyl (C=O) groups is 2. The van der Waals surface area contributed by atoms with Crippen LogP contribution in [0.15, 0.2) is 78.9 Å². The highest BCUT2D eigenvalue weighted by atomic mass is 35.5. The van der Waals surface area contributed by atoms with E-state index in [1.54, 1.807) is 48.0 Å². The second-order valence-electron chi connectivity index (χ2n) is 9.39. The van der Waals surface area contributed by atoms with Crippen molar-refractivity contribution in [2.24, 2.45) is 7.05 Å². The Morgan fingerprint density at radius 1 is 1.00 bits per heavy atom. The molecule has 1 saturated heterocycles. The number of halogens is 2. The van der Waals surface area contributed by atoms with Crippen molar-refractivity contribution in [3.63, 3.8) is 0 Å². The molecule has 1 N–H and O–H groups in total. The number of aryl methyl sites for hydroxylation is 1. The molecule has 3 aromatic carbocycles. The third-order valence-corrected chi connectivity index (χ3v) is 7.59. The molecular weight excluding hydrogens is 509 g/mol. The lowest BCUT2D eigenvalue weighted by Gasteiger charge is -2.42. The first-order valence-electron chi connectivity index (χ1n) is 12.2. The molecule has 1 aliphatic heterocycles. The summed E-state index contributed by atoms with van der Waals surface area (Å²) in [6, 6.07) is 24.2. The van der Waals surface area contributed by atoms with Crippen LogP contribution in [0, 0.1) is 0 Å². The predicted molar refractivity (Wildman–Crippen MR) is 146 cm³/mol. The molecule has 1 aliphatic rings. The van der Waals surface area contributed by atoms with Crippen LogP contribution in [0.1, 0.15) is 39.3 Å². The molecule has 6 nitrogen and oxygen atoms in total. The van der Waals surface area contributed by atoms with Gasteiger partial charge in [0.25, 0.3) is 5.91 Å². The average molecular weight is 536 g/mol. The van der Waals surface area contributed by atoms with E-state index in [1.807, 2.05) is 30.3 Å². The largest absolute Gasteiger partial charge is 0.434 e. The number of fused-ring (bicyclic) bond motifs is 1. The Hall–Kier alpha value is -3.32. The SMILES string of the molecule is Cn1c(C(=O)NC2(OC(=O)c3ccccc3)CCCN(Cc3ccccc3)C2)cc2c(Cl)c(Cl)ccc21. The molecule has 0 spiro atoms. The van der Waals surface area contributed by atoms with Gasteiger partial charge in [0.2, 0.25) is 0 Å². The van der Waals surface area contributed by atoms with Gasteiger partial charge < -0.3 is 14.6 Å². The number of likely N-dealkylation sites (tertiary alicyclic amines) is 1. The summed E-state index contributed by atoms with van der Waals surface area (Å²) < 4.78 is 7.88. The summed E-state index contributed by atoms with van der Waals surface area (Å²) in [6.07, 6.45) is 1.25. The van der Waals surface area contributed by atoms with E-state index >= 15 is 0 Å². The third kappa shape index (κ3) is 5.37. The van der Waals surface area contributed by atoms with Gasteiger partial charge in [-0.3, -0.25) is 9.69 Å². The van der Waals surface area contributed by atoms with E-state index in [0.717, 1.165) is 24.0 Å². The van der Waals surface area contributed by atoms with Crippen LogP contribution < -0.4 is 5.32 Å². The Labute approximate surface area is 225 Å². The number of hydrogen-bond donors (Lipinski definition) is 1. The van der Waals surface area contributed by atoms with Gasteiger partial charge in [0, 0.05) is 30.9 Å². The molecule has 1 aromatic heterocycles. The number of nitrogens with zero attached hydrogens (tertiary/aromatic N) is 2. The minimum atomic E-state index is -1.20. The first-order chi connectivity index (χ1) is 17.8. The van der Waals surface area contributed by atoms with Gasteiger partial charge in [-0.15, -0.1) is 0 Å². The maximum absolute atomic E-state index is 13.7. The summed E-state index contributed by atoms with van der Waals surface area (Å²) in [5, 5.41) is 4.58. The lowest BCUT2D eigenvalue weighted by Crippen LogP contribution is -2.61. The number of ether oxygens (including phenoxy) is 1. The van der Waals surface area contributed by atoms with Gasteiger partial charge in [0.1, 0.15) is 5.69 Å². The van der Waals surface area contributed by atoms with Crippen LogP contribution in [-0.2, 0) is 18.3 Å². The molecule has 8 heteroatoms. The van der Waals surface area contributed by atoms with Crippen LogP contribution in [0.2, 0.25) is 10.0 Å². The van der Waals surface area contributed by atoms with Gasteiger partial charge in [-0.05, 0) is 48.9 Å². The quantitative estimate of drug-likeness (QED) is 0.240. The van der Waals surface area contributed by atoms with E-state index in [9.17, 15) is 9.59 Å². The molecule has 1 atom stereocenters. The summed E-state index contributed by atoms with van der Waals surface area (Å²) >= 11 is 12.6. The van der Waals surface area contributed by atoms with Gasteiger partial charge in [-0.2, -0.15) is 0 Å². The number of aromatic nitrogens is 1. The Morgan fingerprint density at radius 2 is 1.70 bits per heavy atom. The summed E-state index contributed by atoms with van der Waals surface area (Å²) in [4.78, 5) is 29.0. The van der Waals surface area contributed by atoms with Gasteiger partial charge >= 0.3 is 5.97 Å². The van der Waals surface area contributed by atoms with Gasteiger partial charge in [0.05, 0.1) is 22.2 Å². The number of piperidine rings is 1. The first kappa shape index (κ1) is 25.3. The molecule has 0 aliphatic carbocycles. The number of amides is 1. The molecule has 1 amide bonds. The van der Waals surface area contributed by atoms with Gasteiger partial charge in [-0.1, -0.05) is 71.7 Å². The molecule has 0 saturated carbocycles. The highest BCUT2D eigenvalue weighted by Crippen LogP contribution is 2.33. The fraction of sp³-hybridized carbons (Fsp3) is 0.241. The Balaban J connectivity index is 1.45. The standard InChI is InChI=1S/C29H27Cl2N3O3/c1-33-24-14-13-23(30)26(31)22(24)17-25(33)27(35)32-29(37-28(36)21-11-6-3-7-12-21)15-8-16-34(19-29)18-20-9-4-2-5-10-20/h2-7,9-14,17H,8,15-16,18-19H2,1H3,(H,32,35). The molecular formula is C29H27Cl2N3O3. The molecule has 190 valence electrons. The van der Waals surface area contributed by atoms with E-state index in [0.29, 0.717) is 46.2 Å². The van der Waals surface area contributed by atoms with Crippen LogP contribution in [-0.4, -0.2) is 40.2 Å². The van der Waals surface area contributed by atoms with E-state index in [1.165, 1.54) is 0 Å². The number of nitrogens with one attached hydrogen (secondary N) is 1. The van der Waals surface area contributed by atoms with E-state index in [-0.39, 0.29) is 5.91 Å². The average Bonchev–Trinajstić information content (AvgIpc) is 3.24. The van der Waals surface area contributed by atoms with Crippen LogP contribution >= 0.6 is 23.2 Å². The predicted octanol–water partition coefficient (Wildman–Crippen LogP) is 6.06. The van der Waals surface area contributed by atoms with Crippen molar-refractivity contribution in [2.75, 3.05) is 13.1 Å². The molecule has 37 heavy (non-hydrogen) atoms. The topological polar surface area (TPSA) is 63.6 Å². The van der Waals surface area contributed by atoms with E-state index in [4.69, 9.17) is 27.9 Å². The fourth-order valence-corrected chi connectivity index (χ4v) is 5.32. The number of carbonyl (C=O) groups excluding carboxylic acids is 2. The molecule has 2 heterocycles. The Bertz CT molecular complexity index is 1440. The van der Waals surface area contributed by atoms with Crippen LogP contribution in [0.5, 0.6) is 0 Å². The van der Waals surface area contributed by atoms with E-state index in [2.05, 4.69) is 22.3 Å². The summed E-state index contributed by atoms with van der Waals surface area (Å²) in [7, 11) is 1.80. The van der Waals surface area contributed by atoms with Crippen molar-refractivity contribution in [1.29, 1.82) is 0 Å². The molecule has 0 radical (unpaired) electrons. The maximum atomic E-state index is 13.7. The second-order valence-corrected chi connectivity index (χ2v) is 10.2. The number of rotatable bonds is 6. The van der Waals surface area contributed by atoms with Crippen molar-refractivity contribution in [3.8, 4) is 0 Å². The highest BCUT2D eigenvalue weighted by Gasteiger charge is 2.41. The van der Waals surface area contributed by atoms with Crippen molar-refractivity contribution >= 4 is 46.0 Å². The first-order valence-corrected chi connectivity index (χ1v) is 12.9. The zero-order valence-corrected chi connectivity index (χ0v) is 21.9. The van der Waals surface area contributed by atoms with Crippen molar-refractivity contribution in [1.82, 2.24) is 14.8 Å². The monoisotopic (exact) mass is 535 g/mol. The van der Waals surface area contributed by atoms with Crippen molar-refractivity contribution in [3.05, 3.63) is 106 Å². The molecule has 1 unspecified atom stereocenters. The van der Waals surface area contributed by atoms with Gasteiger partial charge in [0.15, 0.2) is 5.72 Å². The van der Waals surface area contributed by atoms with E-state index < -0.39 is 11.7 Å². The van der Waals surface area contributed by atoms with Crippen LogP contribution in [0.4, 0.5) is 0 Å². The molecule has 4 aromatic rings. The summed E-state index contributed by atoms with van der Waals surface area (Å²) in [5.41, 5.74) is 1.56. The Morgan fingerprint density at radius 3 is 2.43 bits per heavy atom. The number of hydrogen-bond acceptors (Lipinski definition) is 4. The zero-order valence-electron chi connectivity index (χ0n) is 20.4. The lowest BCUT2D eigenvalue weighted by atomic mass is 9.99. The minimum Gasteiger partial charge on any atom is -0.434 e. The number of esters is 1. The Kier molecular flexibility index (Phi) is 7.24. The smallest absolute Gasteiger partial charge is 0.340 e. The van der Waals surface area contributed by atoms with Crippen molar-refractivity contribution < 1.29 is 14.3 Å². The normalized spacial score (nSPS) is 18.0. The summed E-state index contributed by atoms with van der Waals surface area (Å²) in [5.74, 6) is -0.831.